The fraction of sp³-hybridized carbons (Fsp3) is 0.333. The van der Waals surface area contributed by atoms with Crippen LogP contribution >= 0.6 is 11.3 Å². The smallest absolute Gasteiger partial charge is 0.317 e. The van der Waals surface area contributed by atoms with Crippen LogP contribution in [0.15, 0.2) is 50.2 Å². The van der Waals surface area contributed by atoms with Gasteiger partial charge in [0.25, 0.3) is 0 Å². The van der Waals surface area contributed by atoms with E-state index in [1.165, 1.54) is 25.3 Å². The maximum Gasteiger partial charge on any atom is 0.317 e. The number of carbonyl (C=O) groups is 4. The number of carboxylic acid groups (broad SMARTS) is 1. The van der Waals surface area contributed by atoms with Crippen LogP contribution in [0.25, 0.3) is 21.3 Å². The van der Waals surface area contributed by atoms with Crippen LogP contribution < -0.4 is 31.1 Å². The van der Waals surface area contributed by atoms with E-state index < -0.39 is 29.9 Å². The summed E-state index contributed by atoms with van der Waals surface area (Å²) in [4.78, 5) is 67.3. The average molecular weight is 830 g/mol. The molecule has 7 N–H and O–H groups in total. The fourth-order valence-electron chi connectivity index (χ4n) is 6.42. The van der Waals surface area contributed by atoms with Gasteiger partial charge in [-0.05, 0) is 43.5 Å². The van der Waals surface area contributed by atoms with E-state index in [0.717, 1.165) is 11.3 Å². The second-order valence-corrected chi connectivity index (χ2v) is 14.2. The lowest BCUT2D eigenvalue weighted by atomic mass is 10.1. The Morgan fingerprint density at radius 3 is 2.22 bits per heavy atom. The number of methoxy groups -OCH3 is 1. The van der Waals surface area contributed by atoms with Crippen LogP contribution in [-0.4, -0.2) is 71.7 Å². The van der Waals surface area contributed by atoms with Gasteiger partial charge >= 0.3 is 11.9 Å². The number of nitrogens with two attached hydrogens (primary N) is 2. The molecule has 0 radical (unpaired) electrons. The Hall–Kier alpha value is -6.80. The number of nitrogens with zero attached hydrogens (tertiary/aromatic N) is 6. The van der Waals surface area contributed by atoms with Crippen LogP contribution in [0.3, 0.4) is 0 Å². The number of carbonyl (C=O) groups excluding carboxylic acids is 3. The summed E-state index contributed by atoms with van der Waals surface area (Å²) in [5.74, 6) is -1.42. The first-order chi connectivity index (χ1) is 28.2. The van der Waals surface area contributed by atoms with Crippen LogP contribution in [0.4, 0.5) is 5.95 Å². The van der Waals surface area contributed by atoms with E-state index in [9.17, 15) is 29.4 Å². The van der Waals surface area contributed by atoms with Crippen LogP contribution in [0.2, 0.25) is 0 Å². The minimum atomic E-state index is -1.38. The SMILES string of the molecule is CCc1nc(C)oc1C(=O)N=c1sc2cc(C(N)=O)cc(OC)c2n1C/C=C/Cn1c(NC(O)c2oc(C)nc2CC)nc2cc(C(N)=O)cc(OCCCC(=O)O)c21. The summed E-state index contributed by atoms with van der Waals surface area (Å²) in [6.45, 7) is 7.30. The van der Waals surface area contributed by atoms with Crippen molar-refractivity contribution in [2.45, 2.75) is 72.7 Å². The number of aliphatic hydroxyl groups excluding tert-OH is 1. The van der Waals surface area contributed by atoms with Crippen molar-refractivity contribution in [2.24, 2.45) is 16.5 Å². The van der Waals surface area contributed by atoms with E-state index in [2.05, 4.69) is 20.3 Å². The van der Waals surface area contributed by atoms with Gasteiger partial charge in [-0.15, -0.1) is 0 Å². The molecule has 0 bridgehead atoms. The molecule has 59 heavy (non-hydrogen) atoms. The van der Waals surface area contributed by atoms with Crippen LogP contribution in [0.1, 0.15) is 93.1 Å². The predicted molar refractivity (Wildman–Crippen MR) is 214 cm³/mol. The number of imidazole rings is 1. The molecule has 0 saturated heterocycles. The van der Waals surface area contributed by atoms with Crippen LogP contribution in [0.5, 0.6) is 11.5 Å². The molecule has 0 aliphatic carbocycles. The van der Waals surface area contributed by atoms with E-state index in [-0.39, 0.29) is 71.7 Å². The molecule has 310 valence electrons. The molecule has 2 aromatic carbocycles. The first-order valence-electron chi connectivity index (χ1n) is 18.5. The van der Waals surface area contributed by atoms with E-state index in [1.54, 1.807) is 41.2 Å². The number of aliphatic carboxylic acids is 1. The highest BCUT2D eigenvalue weighted by atomic mass is 32.1. The number of hydrogen-bond acceptors (Lipinski definition) is 14. The number of rotatable bonds is 18. The number of amides is 3. The monoisotopic (exact) mass is 829 g/mol. The third-order valence-corrected chi connectivity index (χ3v) is 10.1. The van der Waals surface area contributed by atoms with Crippen LogP contribution in [-0.2, 0) is 30.7 Å². The molecular formula is C39H43N9O10S. The second kappa shape index (κ2) is 17.8. The van der Waals surface area contributed by atoms with Gasteiger partial charge in [0.05, 0.1) is 35.3 Å². The number of primary amides is 2. The number of benzene rings is 2. The molecule has 4 aromatic heterocycles. The van der Waals surface area contributed by atoms with Crippen molar-refractivity contribution in [3.8, 4) is 11.5 Å². The molecule has 6 rings (SSSR count). The van der Waals surface area contributed by atoms with Crippen molar-refractivity contribution in [3.63, 3.8) is 0 Å². The number of aryl methyl sites for hydroxylation is 4. The molecule has 0 fully saturated rings. The van der Waals surface area contributed by atoms with Crippen molar-refractivity contribution in [1.29, 1.82) is 0 Å². The molecule has 1 atom stereocenters. The van der Waals surface area contributed by atoms with Gasteiger partial charge in [-0.2, -0.15) is 4.99 Å². The first kappa shape index (κ1) is 41.8. The summed E-state index contributed by atoms with van der Waals surface area (Å²) in [6, 6.07) is 6.05. The third kappa shape index (κ3) is 9.02. The number of anilines is 1. The minimum Gasteiger partial charge on any atom is -0.494 e. The Morgan fingerprint density at radius 1 is 0.915 bits per heavy atom. The maximum absolute atomic E-state index is 13.5. The highest BCUT2D eigenvalue weighted by molar-refractivity contribution is 7.16. The Morgan fingerprint density at radius 2 is 1.56 bits per heavy atom. The van der Waals surface area contributed by atoms with Gasteiger partial charge in [-0.3, -0.25) is 19.2 Å². The lowest BCUT2D eigenvalue weighted by molar-refractivity contribution is -0.137. The molecule has 20 heteroatoms. The lowest BCUT2D eigenvalue weighted by Crippen LogP contribution is -2.17. The van der Waals surface area contributed by atoms with Gasteiger partial charge in [0.2, 0.25) is 23.5 Å². The zero-order valence-corrected chi connectivity index (χ0v) is 33.7. The van der Waals surface area contributed by atoms with Gasteiger partial charge in [-0.1, -0.05) is 37.3 Å². The second-order valence-electron chi connectivity index (χ2n) is 13.2. The van der Waals surface area contributed by atoms with Gasteiger partial charge in [0.15, 0.2) is 28.6 Å². The van der Waals surface area contributed by atoms with E-state index >= 15 is 0 Å². The fourth-order valence-corrected chi connectivity index (χ4v) is 7.51. The number of allylic oxidation sites excluding steroid dienone is 2. The lowest BCUT2D eigenvalue weighted by Gasteiger charge is -2.15. The van der Waals surface area contributed by atoms with Crippen molar-refractivity contribution >= 4 is 62.2 Å². The molecular weight excluding hydrogens is 787 g/mol. The molecule has 0 spiro atoms. The summed E-state index contributed by atoms with van der Waals surface area (Å²) in [7, 11) is 1.45. The Labute approximate surface area is 340 Å². The zero-order chi connectivity index (χ0) is 42.5. The largest absolute Gasteiger partial charge is 0.494 e. The quantitative estimate of drug-likeness (QED) is 0.0459. The highest BCUT2D eigenvalue weighted by Crippen LogP contribution is 2.34. The van der Waals surface area contributed by atoms with Crippen LogP contribution in [0, 0.1) is 13.8 Å². The van der Waals surface area contributed by atoms with Crippen molar-refractivity contribution in [3.05, 3.63) is 87.0 Å². The summed E-state index contributed by atoms with van der Waals surface area (Å²) in [5.41, 5.74) is 13.9. The van der Waals surface area contributed by atoms with E-state index in [4.69, 9.17) is 34.8 Å². The van der Waals surface area contributed by atoms with E-state index in [0.29, 0.717) is 63.0 Å². The predicted octanol–water partition coefficient (Wildman–Crippen LogP) is 4.32. The number of ether oxygens (including phenoxy) is 2. The summed E-state index contributed by atoms with van der Waals surface area (Å²) in [6.07, 6.45) is 3.20. The number of oxazole rings is 2. The van der Waals surface area contributed by atoms with Gasteiger partial charge in [0.1, 0.15) is 22.5 Å². The molecule has 1 unspecified atom stereocenters. The average Bonchev–Trinajstić information content (AvgIpc) is 3.96. The zero-order valence-electron chi connectivity index (χ0n) is 32.9. The minimum absolute atomic E-state index is 0.00672. The number of aromatic nitrogens is 5. The number of aliphatic hydroxyl groups is 1. The van der Waals surface area contributed by atoms with Crippen molar-refractivity contribution in [1.82, 2.24) is 24.1 Å². The number of fused-ring (bicyclic) bond motifs is 2. The molecule has 4 heterocycles. The van der Waals surface area contributed by atoms with Gasteiger partial charge in [0, 0.05) is 44.5 Å². The standard InChI is InChI=1S/C39H43N9O10S/c1-6-23-32(57-19(3)42-23)36(53)45-38-44-25-15-21(34(40)51)17-27(56-14-10-11-29(49)50)30(25)47(38)12-8-9-13-48-31-26(55-5)16-22(35(41)52)18-28(31)59-39(48)46-37(54)33-24(7-2)43-20(4)58-33/h8-9,15-18,36,53H,6-7,10-14H2,1-5H3,(H2,40,51)(H2,41,52)(H,44,45)(H,49,50)/b9-8+,46-39?. The molecule has 19 nitrogen and oxygen atoms in total. The number of nitrogens with one attached hydrogen (secondary N) is 1. The van der Waals surface area contributed by atoms with E-state index in [1.807, 2.05) is 13.8 Å². The van der Waals surface area contributed by atoms with Crippen molar-refractivity contribution < 1.29 is 47.7 Å². The first-order valence-corrected chi connectivity index (χ1v) is 19.3. The molecule has 3 amide bonds. The normalized spacial score (nSPS) is 12.5. The number of hydrogen-bond donors (Lipinski definition) is 5. The molecule has 6 aromatic rings. The molecule has 0 saturated carbocycles. The third-order valence-electron chi connectivity index (χ3n) is 9.09. The van der Waals surface area contributed by atoms with Crippen molar-refractivity contribution in [2.75, 3.05) is 19.0 Å². The summed E-state index contributed by atoms with van der Waals surface area (Å²) in [5, 5.41) is 23.5. The maximum atomic E-state index is 13.5. The Kier molecular flexibility index (Phi) is 12.6. The molecule has 0 aliphatic rings. The number of thiazole rings is 1. The Balaban J connectivity index is 1.44. The Bertz CT molecular complexity index is 2680. The highest BCUT2D eigenvalue weighted by Gasteiger charge is 2.24. The topological polar surface area (TPSA) is 278 Å². The van der Waals surface area contributed by atoms with Gasteiger partial charge in [-0.25, -0.2) is 15.0 Å². The van der Waals surface area contributed by atoms with Gasteiger partial charge < -0.3 is 54.4 Å². The summed E-state index contributed by atoms with van der Waals surface area (Å²) < 4.78 is 27.1. The number of carboxylic acids is 1. The molecule has 0 aliphatic heterocycles. The summed E-state index contributed by atoms with van der Waals surface area (Å²) >= 11 is 1.15.